The SMILES string of the molecule is Cc1cn([C@@H]2O[C@](F)(COP(=O)(O)O)C[C@H]2O)c(=O)[nH]c1=O.[2H]C([2H])(OP(=O)(O)O)[C@]1(F)C[C@@H](O)[C@H](n2cc(C)c(=O)[nH]c2=O)O1.[2H]C([2H])(OP(=O)(O)O)[C@]1(F)C[C@@H](O)[C@]([2H])(n2cc(C)c(=O)[nH]c2=O)O1.[2H][C@@]1(n2cc(C)c(=O)[nH]c2=O)O[C@](F)(COP(=O)(O)O)C[C@H]1O. The summed E-state index contributed by atoms with van der Waals surface area (Å²) in [6.07, 6.45) is -16.1. The maximum atomic E-state index is 14.8. The Balaban J connectivity index is 0.000000227. The van der Waals surface area contributed by atoms with Gasteiger partial charge in [-0.15, -0.1) is 0 Å². The number of nitrogens with one attached hydrogen (secondary N) is 4. The molecule has 496 valence electrons. The Morgan fingerprint density at radius 1 is 0.455 bits per heavy atom. The molecule has 4 aliphatic rings. The van der Waals surface area contributed by atoms with Crippen LogP contribution in [0.4, 0.5) is 17.6 Å². The van der Waals surface area contributed by atoms with Crippen LogP contribution >= 0.6 is 31.3 Å². The molecule has 48 heteroatoms. The Morgan fingerprint density at radius 2 is 0.693 bits per heavy atom. The van der Waals surface area contributed by atoms with E-state index in [1.54, 1.807) is 4.98 Å². The van der Waals surface area contributed by atoms with Gasteiger partial charge in [-0.05, 0) is 27.7 Å². The summed E-state index contributed by atoms with van der Waals surface area (Å²) in [4.78, 5) is 169. The number of aliphatic hydroxyl groups excluding tert-OH is 4. The minimum atomic E-state index is -5.49. The molecule has 4 saturated heterocycles. The zero-order chi connectivity index (χ0) is 72.3. The van der Waals surface area contributed by atoms with E-state index in [1.807, 2.05) is 15.0 Å². The number of ether oxygens (including phenoxy) is 4. The topological polar surface area (TPSA) is 604 Å². The molecule has 0 saturated carbocycles. The summed E-state index contributed by atoms with van der Waals surface area (Å²) in [6.45, 7) is -4.48. The fraction of sp³-hybridized carbons (Fsp3) is 0.600. The number of hydrogen-bond acceptors (Lipinski definition) is 24. The van der Waals surface area contributed by atoms with Gasteiger partial charge in [-0.25, -0.2) is 55.0 Å². The first kappa shape index (κ1) is 64.1. The van der Waals surface area contributed by atoms with E-state index >= 15 is 0 Å². The number of aromatic nitrogens is 8. The number of nitrogens with zero attached hydrogens (tertiary/aromatic N) is 4. The van der Waals surface area contributed by atoms with Crippen LogP contribution < -0.4 is 45.0 Å². The van der Waals surface area contributed by atoms with Gasteiger partial charge in [0.15, 0.2) is 24.9 Å². The molecule has 0 radical (unpaired) electrons. The molecule has 4 aliphatic heterocycles. The van der Waals surface area contributed by atoms with Gasteiger partial charge < -0.3 is 78.5 Å². The Labute approximate surface area is 492 Å². The van der Waals surface area contributed by atoms with Gasteiger partial charge in [0.25, 0.3) is 22.2 Å². The number of H-pyrrole nitrogens is 4. The first-order chi connectivity index (χ1) is 42.2. The molecule has 4 fully saturated rings. The quantitative estimate of drug-likeness (QED) is 0.0372. The highest BCUT2D eigenvalue weighted by Gasteiger charge is 2.53. The highest BCUT2D eigenvalue weighted by atomic mass is 31.2. The van der Waals surface area contributed by atoms with Crippen LogP contribution in [-0.4, -0.2) is 172 Å². The summed E-state index contributed by atoms with van der Waals surface area (Å²) in [5, 5.41) is 39.6. The Hall–Kier alpha value is -5.44. The van der Waals surface area contributed by atoms with Crippen LogP contribution in [0.1, 0.15) is 81.0 Å². The van der Waals surface area contributed by atoms with Crippen molar-refractivity contribution < 1.29 is 141 Å². The predicted octanol–water partition coefficient (Wildman–Crippen LogP) is -4.40. The summed E-state index contributed by atoms with van der Waals surface area (Å²) >= 11 is 0. The number of halogens is 4. The van der Waals surface area contributed by atoms with Crippen molar-refractivity contribution >= 4 is 31.3 Å². The molecule has 16 N–H and O–H groups in total. The third-order valence-corrected chi connectivity index (χ3v) is 13.0. The first-order valence-corrected chi connectivity index (χ1v) is 29.8. The fourth-order valence-corrected chi connectivity index (χ4v) is 8.80. The van der Waals surface area contributed by atoms with E-state index in [1.165, 1.54) is 27.7 Å². The molecular formula is C40H56F4N8O32P4. The molecule has 0 unspecified atom stereocenters. The van der Waals surface area contributed by atoms with Gasteiger partial charge in [-0.1, -0.05) is 0 Å². The van der Waals surface area contributed by atoms with Gasteiger partial charge in [0, 0.05) is 72.7 Å². The van der Waals surface area contributed by atoms with Crippen molar-refractivity contribution in [2.24, 2.45) is 0 Å². The van der Waals surface area contributed by atoms with E-state index in [4.69, 9.17) is 61.6 Å². The highest BCUT2D eigenvalue weighted by Crippen LogP contribution is 2.47. The average Bonchev–Trinajstić information content (AvgIpc) is 1.59. The van der Waals surface area contributed by atoms with Gasteiger partial charge in [0.2, 0.25) is 23.4 Å². The lowest BCUT2D eigenvalue weighted by molar-refractivity contribution is -0.178. The molecule has 0 spiro atoms. The number of rotatable bonds is 16. The first-order valence-electron chi connectivity index (χ1n) is 26.7. The molecular weight excluding hydrogens is 1300 g/mol. The lowest BCUT2D eigenvalue weighted by Crippen LogP contribution is -2.36. The molecule has 4 aromatic rings. The zero-order valence-corrected chi connectivity index (χ0v) is 48.2. The maximum Gasteiger partial charge on any atom is 0.469 e. The summed E-state index contributed by atoms with van der Waals surface area (Å²) in [6, 6.07) is 0. The molecule has 0 amide bonds. The van der Waals surface area contributed by atoms with E-state index in [-0.39, 0.29) is 22.3 Å². The van der Waals surface area contributed by atoms with E-state index in [9.17, 15) is 94.6 Å². The van der Waals surface area contributed by atoms with Crippen LogP contribution in [0.3, 0.4) is 0 Å². The second kappa shape index (κ2) is 27.6. The Kier molecular flexibility index (Phi) is 20.1. The van der Waals surface area contributed by atoms with Crippen LogP contribution in [0.2, 0.25) is 0 Å². The molecule has 40 nitrogen and oxygen atoms in total. The Morgan fingerprint density at radius 3 is 1.02 bits per heavy atom. The normalized spacial score (nSPS) is 32.0. The number of phosphoric ester groups is 4. The lowest BCUT2D eigenvalue weighted by Gasteiger charge is -2.21. The third-order valence-electron chi connectivity index (χ3n) is 11.4. The van der Waals surface area contributed by atoms with Gasteiger partial charge in [0.1, 0.15) is 50.7 Å². The zero-order valence-electron chi connectivity index (χ0n) is 50.6. The maximum absolute atomic E-state index is 14.8. The van der Waals surface area contributed by atoms with Crippen molar-refractivity contribution in [2.75, 3.05) is 26.3 Å². The van der Waals surface area contributed by atoms with E-state index in [0.717, 1.165) is 29.4 Å². The number of aliphatic hydroxyl groups is 4. The van der Waals surface area contributed by atoms with E-state index < -0.39 is 201 Å². The molecule has 8 rings (SSSR count). The molecule has 12 atom stereocenters. The second-order valence-electron chi connectivity index (χ2n) is 18.8. The largest absolute Gasteiger partial charge is 0.469 e. The summed E-state index contributed by atoms with van der Waals surface area (Å²) in [7, 11) is -20.8. The minimum Gasteiger partial charge on any atom is -0.388 e. The fourth-order valence-electron chi connectivity index (χ4n) is 7.57. The summed E-state index contributed by atoms with van der Waals surface area (Å²) in [5.74, 6) is -12.7. The lowest BCUT2D eigenvalue weighted by atomic mass is 10.2. The number of hydrogen-bond donors (Lipinski definition) is 16. The van der Waals surface area contributed by atoms with Crippen LogP contribution in [0, 0.1) is 27.7 Å². The summed E-state index contributed by atoms with van der Waals surface area (Å²) in [5.41, 5.74) is -7.10. The minimum absolute atomic E-state index is 0.00912. The number of phosphoric acid groups is 4. The standard InChI is InChI=1S/4C10H14FN2O8P/c4*1-5-3-13(9(16)12-7(5)15)8-6(14)2-10(11,21-8)4-20-22(17,18)19/h4*3,6,8,14H,2,4H2,1H3,(H,12,15,16)(H2,17,18,19)/t4*6-,8-,10+/m1111/s1/i4D2,8D;8D;4D2;. The van der Waals surface area contributed by atoms with Crippen molar-refractivity contribution in [2.45, 2.75) is 126 Å². The van der Waals surface area contributed by atoms with Crippen molar-refractivity contribution in [3.05, 3.63) is 130 Å². The van der Waals surface area contributed by atoms with Crippen molar-refractivity contribution in [1.29, 1.82) is 0 Å². The van der Waals surface area contributed by atoms with E-state index in [2.05, 4.69) is 22.8 Å². The number of alkyl halides is 4. The number of aromatic amines is 4. The number of aryl methyl sites for hydroxylation is 4. The van der Waals surface area contributed by atoms with Crippen LogP contribution in [-0.2, 0) is 55.3 Å². The van der Waals surface area contributed by atoms with Gasteiger partial charge in [0.05, 0.1) is 8.22 Å². The average molecular weight is 1370 g/mol. The van der Waals surface area contributed by atoms with Crippen LogP contribution in [0.25, 0.3) is 0 Å². The van der Waals surface area contributed by atoms with Gasteiger partial charge in [-0.3, -0.25) is 75.5 Å². The predicted molar refractivity (Wildman–Crippen MR) is 275 cm³/mol. The van der Waals surface area contributed by atoms with Crippen molar-refractivity contribution in [3.63, 3.8) is 0 Å². The van der Waals surface area contributed by atoms with Crippen LogP contribution in [0.15, 0.2) is 63.1 Å². The monoisotopic (exact) mass is 1370 g/mol. The second-order valence-corrected chi connectivity index (χ2v) is 23.6. The molecule has 8 heterocycles. The smallest absolute Gasteiger partial charge is 0.388 e. The molecule has 0 aromatic carbocycles. The highest BCUT2D eigenvalue weighted by molar-refractivity contribution is 7.47. The van der Waals surface area contributed by atoms with Gasteiger partial charge in [-0.2, -0.15) is 0 Å². The third kappa shape index (κ3) is 20.3. The Bertz CT molecular complexity index is 4220. The summed E-state index contributed by atoms with van der Waals surface area (Å²) < 4.78 is 183. The molecule has 4 aromatic heterocycles. The van der Waals surface area contributed by atoms with Crippen molar-refractivity contribution in [3.8, 4) is 0 Å². The molecule has 0 bridgehead atoms. The van der Waals surface area contributed by atoms with Crippen LogP contribution in [0.5, 0.6) is 0 Å². The molecule has 0 aliphatic carbocycles. The van der Waals surface area contributed by atoms with E-state index in [0.29, 0.717) is 13.7 Å². The molecule has 88 heavy (non-hydrogen) atoms. The van der Waals surface area contributed by atoms with Gasteiger partial charge >= 0.3 is 54.0 Å². The van der Waals surface area contributed by atoms with Crippen molar-refractivity contribution in [1.82, 2.24) is 38.2 Å².